The van der Waals surface area contributed by atoms with E-state index in [1.54, 1.807) is 18.3 Å². The van der Waals surface area contributed by atoms with Crippen molar-refractivity contribution in [2.75, 3.05) is 12.3 Å². The zero-order valence-electron chi connectivity index (χ0n) is 12.5. The van der Waals surface area contributed by atoms with Crippen molar-refractivity contribution in [1.29, 1.82) is 0 Å². The van der Waals surface area contributed by atoms with E-state index in [4.69, 9.17) is 4.74 Å². The van der Waals surface area contributed by atoms with Gasteiger partial charge in [-0.1, -0.05) is 23.9 Å². The van der Waals surface area contributed by atoms with Crippen LogP contribution in [0.3, 0.4) is 0 Å². The maximum Gasteiger partial charge on any atom is 0.307 e. The Bertz CT molecular complexity index is 624. The summed E-state index contributed by atoms with van der Waals surface area (Å²) in [6, 6.07) is 7.93. The highest BCUT2D eigenvalue weighted by Gasteiger charge is 2.16. The van der Waals surface area contributed by atoms with Crippen molar-refractivity contribution >= 4 is 45.2 Å². The minimum atomic E-state index is -0.750. The molecule has 0 unspecified atom stereocenters. The number of thiazole rings is 1. The van der Waals surface area contributed by atoms with E-state index in [0.717, 1.165) is 14.6 Å². The average molecular weight is 338 g/mol. The van der Waals surface area contributed by atoms with Gasteiger partial charge < -0.3 is 10.1 Å². The van der Waals surface area contributed by atoms with E-state index in [9.17, 15) is 9.59 Å². The first-order valence-corrected chi connectivity index (χ1v) is 8.86. The molecule has 0 bridgehead atoms. The van der Waals surface area contributed by atoms with Gasteiger partial charge in [0.2, 0.25) is 0 Å². The van der Waals surface area contributed by atoms with E-state index < -0.39 is 6.10 Å². The van der Waals surface area contributed by atoms with Crippen LogP contribution in [0.2, 0.25) is 0 Å². The third kappa shape index (κ3) is 4.71. The molecule has 0 saturated carbocycles. The molecule has 1 aromatic carbocycles. The van der Waals surface area contributed by atoms with Gasteiger partial charge in [-0.25, -0.2) is 4.98 Å². The Kier molecular flexibility index (Phi) is 6.21. The van der Waals surface area contributed by atoms with E-state index in [1.165, 1.54) is 11.8 Å². The van der Waals surface area contributed by atoms with Gasteiger partial charge in [-0.05, 0) is 26.0 Å². The van der Waals surface area contributed by atoms with E-state index in [1.807, 2.05) is 31.2 Å². The largest absolute Gasteiger partial charge is 0.453 e. The number of hydrogen-bond acceptors (Lipinski definition) is 6. The summed E-state index contributed by atoms with van der Waals surface area (Å²) >= 11 is 3.14. The summed E-state index contributed by atoms with van der Waals surface area (Å²) in [6.07, 6.45) is -0.496. The summed E-state index contributed by atoms with van der Waals surface area (Å²) in [5.41, 5.74) is 0.974. The number of thioether (sulfide) groups is 1. The van der Waals surface area contributed by atoms with Gasteiger partial charge in [0, 0.05) is 12.3 Å². The number of carbonyl (C=O) groups is 2. The molecular formula is C15H18N2O3S2. The van der Waals surface area contributed by atoms with Crippen LogP contribution < -0.4 is 5.32 Å². The number of nitrogens with zero attached hydrogens (tertiary/aromatic N) is 1. The molecule has 1 aromatic heterocycles. The zero-order valence-corrected chi connectivity index (χ0v) is 14.1. The van der Waals surface area contributed by atoms with Gasteiger partial charge in [-0.2, -0.15) is 0 Å². The molecule has 1 atom stereocenters. The normalized spacial score (nSPS) is 12.1. The quantitative estimate of drug-likeness (QED) is 0.621. The third-order valence-electron chi connectivity index (χ3n) is 2.83. The molecule has 0 fully saturated rings. The lowest BCUT2D eigenvalue weighted by Crippen LogP contribution is -2.35. The fourth-order valence-corrected chi connectivity index (χ4v) is 3.82. The van der Waals surface area contributed by atoms with Crippen LogP contribution in [0.5, 0.6) is 0 Å². The van der Waals surface area contributed by atoms with Crippen LogP contribution in [0, 0.1) is 0 Å². The predicted octanol–water partition coefficient (Wildman–Crippen LogP) is 2.85. The molecule has 0 aliphatic carbocycles. The lowest BCUT2D eigenvalue weighted by molar-refractivity contribution is -0.154. The van der Waals surface area contributed by atoms with Crippen molar-refractivity contribution < 1.29 is 14.3 Å². The molecule has 0 aliphatic rings. The third-order valence-corrected chi connectivity index (χ3v) is 5.02. The molecule has 0 aliphatic heterocycles. The first kappa shape index (κ1) is 16.8. The number of benzene rings is 1. The fraction of sp³-hybridized carbons (Fsp3) is 0.400. The first-order valence-electron chi connectivity index (χ1n) is 7.05. The van der Waals surface area contributed by atoms with E-state index in [-0.39, 0.29) is 18.3 Å². The molecule has 0 saturated heterocycles. The highest BCUT2D eigenvalue weighted by atomic mass is 32.2. The molecule has 5 nitrogen and oxygen atoms in total. The second-order valence-corrected chi connectivity index (χ2v) is 6.95. The molecule has 2 aromatic rings. The van der Waals surface area contributed by atoms with Gasteiger partial charge in [-0.15, -0.1) is 11.3 Å². The molecule has 0 radical (unpaired) electrons. The summed E-state index contributed by atoms with van der Waals surface area (Å²) in [4.78, 5) is 27.7. The summed E-state index contributed by atoms with van der Waals surface area (Å²) in [7, 11) is 0. The Morgan fingerprint density at radius 1 is 1.41 bits per heavy atom. The number of aromatic nitrogens is 1. The highest BCUT2D eigenvalue weighted by molar-refractivity contribution is 8.01. The number of para-hydroxylation sites is 1. The van der Waals surface area contributed by atoms with Crippen molar-refractivity contribution in [2.45, 2.75) is 30.7 Å². The number of esters is 1. The van der Waals surface area contributed by atoms with Gasteiger partial charge >= 0.3 is 5.97 Å². The highest BCUT2D eigenvalue weighted by Crippen LogP contribution is 2.29. The number of nitrogens with one attached hydrogen (secondary N) is 1. The molecule has 1 heterocycles. The molecule has 0 spiro atoms. The van der Waals surface area contributed by atoms with Crippen LogP contribution in [0.25, 0.3) is 10.2 Å². The van der Waals surface area contributed by atoms with E-state index >= 15 is 0 Å². The van der Waals surface area contributed by atoms with Crippen LogP contribution in [-0.4, -0.2) is 35.3 Å². The SMILES string of the molecule is CCNC(=O)[C@@H](C)OC(=O)CCSc1nc2ccccc2s1. The van der Waals surface area contributed by atoms with Crippen LogP contribution in [0.1, 0.15) is 20.3 Å². The van der Waals surface area contributed by atoms with Crippen LogP contribution >= 0.6 is 23.1 Å². The second-order valence-electron chi connectivity index (χ2n) is 4.57. The number of amides is 1. The maximum absolute atomic E-state index is 11.7. The number of rotatable bonds is 7. The monoisotopic (exact) mass is 338 g/mol. The number of ether oxygens (including phenoxy) is 1. The molecule has 2 rings (SSSR count). The Balaban J connectivity index is 1.76. The Morgan fingerprint density at radius 2 is 2.18 bits per heavy atom. The molecule has 22 heavy (non-hydrogen) atoms. The Labute approximate surface area is 137 Å². The van der Waals surface area contributed by atoms with E-state index in [0.29, 0.717) is 12.3 Å². The maximum atomic E-state index is 11.7. The van der Waals surface area contributed by atoms with Gasteiger partial charge in [0.1, 0.15) is 0 Å². The lowest BCUT2D eigenvalue weighted by atomic mass is 10.3. The molecule has 7 heteroatoms. The molecular weight excluding hydrogens is 320 g/mol. The first-order chi connectivity index (χ1) is 10.6. The smallest absolute Gasteiger partial charge is 0.307 e. The zero-order chi connectivity index (χ0) is 15.9. The van der Waals surface area contributed by atoms with Crippen molar-refractivity contribution in [1.82, 2.24) is 10.3 Å². The minimum absolute atomic E-state index is 0.254. The van der Waals surface area contributed by atoms with Crippen LogP contribution in [-0.2, 0) is 14.3 Å². The molecule has 1 N–H and O–H groups in total. The standard InChI is InChI=1S/C15H18N2O3S2/c1-3-16-14(19)10(2)20-13(18)8-9-21-15-17-11-6-4-5-7-12(11)22-15/h4-7,10H,3,8-9H2,1-2H3,(H,16,19)/t10-/m1/s1. The topological polar surface area (TPSA) is 68.3 Å². The lowest BCUT2D eigenvalue weighted by Gasteiger charge is -2.12. The fourth-order valence-electron chi connectivity index (χ4n) is 1.76. The van der Waals surface area contributed by atoms with Crippen molar-refractivity contribution in [3.8, 4) is 0 Å². The summed E-state index contributed by atoms with van der Waals surface area (Å²) in [6.45, 7) is 3.92. The summed E-state index contributed by atoms with van der Waals surface area (Å²) < 4.78 is 7.15. The van der Waals surface area contributed by atoms with Gasteiger partial charge in [0.25, 0.3) is 5.91 Å². The molecule has 1 amide bonds. The van der Waals surface area contributed by atoms with E-state index in [2.05, 4.69) is 10.3 Å². The predicted molar refractivity (Wildman–Crippen MR) is 89.2 cm³/mol. The number of carbonyl (C=O) groups excluding carboxylic acids is 2. The summed E-state index contributed by atoms with van der Waals surface area (Å²) in [5.74, 6) is -0.0529. The average Bonchev–Trinajstić information content (AvgIpc) is 2.90. The van der Waals surface area contributed by atoms with Crippen LogP contribution in [0.15, 0.2) is 28.6 Å². The van der Waals surface area contributed by atoms with Crippen molar-refractivity contribution in [2.24, 2.45) is 0 Å². The second kappa shape index (κ2) is 8.14. The van der Waals surface area contributed by atoms with Crippen LogP contribution in [0.4, 0.5) is 0 Å². The Morgan fingerprint density at radius 3 is 2.91 bits per heavy atom. The van der Waals surface area contributed by atoms with Crippen molar-refractivity contribution in [3.05, 3.63) is 24.3 Å². The summed E-state index contributed by atoms with van der Waals surface area (Å²) in [5, 5.41) is 2.62. The Hall–Kier alpha value is -1.60. The minimum Gasteiger partial charge on any atom is -0.453 e. The molecule has 118 valence electrons. The van der Waals surface area contributed by atoms with Crippen molar-refractivity contribution in [3.63, 3.8) is 0 Å². The number of likely N-dealkylation sites (N-methyl/N-ethyl adjacent to an activating group) is 1. The van der Waals surface area contributed by atoms with Gasteiger partial charge in [-0.3, -0.25) is 9.59 Å². The number of fused-ring (bicyclic) bond motifs is 1. The van der Waals surface area contributed by atoms with Gasteiger partial charge in [0.05, 0.1) is 16.6 Å². The van der Waals surface area contributed by atoms with Gasteiger partial charge in [0.15, 0.2) is 10.4 Å². The number of hydrogen-bond donors (Lipinski definition) is 1.